The molecule has 1 fully saturated rings. The van der Waals surface area contributed by atoms with Crippen LogP contribution in [0.2, 0.25) is 0 Å². The molecule has 1 saturated heterocycles. The van der Waals surface area contributed by atoms with Crippen molar-refractivity contribution in [2.75, 3.05) is 20.2 Å². The van der Waals surface area contributed by atoms with E-state index >= 15 is 0 Å². The lowest BCUT2D eigenvalue weighted by atomic mass is 10.0. The molecule has 0 aliphatic carbocycles. The van der Waals surface area contributed by atoms with Crippen molar-refractivity contribution in [2.24, 2.45) is 0 Å². The van der Waals surface area contributed by atoms with Crippen LogP contribution in [0, 0.1) is 5.82 Å². The van der Waals surface area contributed by atoms with E-state index < -0.39 is 0 Å². The summed E-state index contributed by atoms with van der Waals surface area (Å²) in [4.78, 5) is 14.7. The second kappa shape index (κ2) is 9.51. The molecule has 1 aliphatic rings. The minimum atomic E-state index is -0.288. The Bertz CT molecular complexity index is 748. The van der Waals surface area contributed by atoms with Crippen LogP contribution in [0.5, 0.6) is 5.75 Å². The summed E-state index contributed by atoms with van der Waals surface area (Å²) in [5.41, 5.74) is 1.72. The first-order valence-electron chi connectivity index (χ1n) is 9.55. The minimum absolute atomic E-state index is 0.0707. The molecule has 0 aromatic heterocycles. The smallest absolute Gasteiger partial charge is 0.234 e. The molecule has 1 heterocycles. The lowest BCUT2D eigenvalue weighted by molar-refractivity contribution is -0.123. The molecule has 0 bridgehead atoms. The maximum absolute atomic E-state index is 13.7. The van der Waals surface area contributed by atoms with Crippen LogP contribution in [0.1, 0.15) is 42.9 Å². The van der Waals surface area contributed by atoms with Crippen LogP contribution in [-0.4, -0.2) is 31.0 Å². The normalized spacial score (nSPS) is 17.9. The van der Waals surface area contributed by atoms with Crippen LogP contribution in [0.3, 0.4) is 0 Å². The highest BCUT2D eigenvalue weighted by molar-refractivity contribution is 5.78. The van der Waals surface area contributed by atoms with Gasteiger partial charge in [0.05, 0.1) is 13.7 Å². The van der Waals surface area contributed by atoms with E-state index in [0.29, 0.717) is 12.1 Å². The van der Waals surface area contributed by atoms with Crippen molar-refractivity contribution in [3.8, 4) is 5.75 Å². The molecule has 1 N–H and O–H groups in total. The van der Waals surface area contributed by atoms with Crippen LogP contribution in [0.25, 0.3) is 0 Å². The number of likely N-dealkylation sites (tertiary alicyclic amines) is 1. The number of methoxy groups -OCH3 is 1. The van der Waals surface area contributed by atoms with E-state index in [-0.39, 0.29) is 24.3 Å². The summed E-state index contributed by atoms with van der Waals surface area (Å²) in [6.07, 6.45) is 4.46. The van der Waals surface area contributed by atoms with Gasteiger partial charge < -0.3 is 10.1 Å². The number of nitrogens with one attached hydrogen (secondary N) is 1. The number of amides is 1. The maximum Gasteiger partial charge on any atom is 0.234 e. The molecule has 27 heavy (non-hydrogen) atoms. The summed E-state index contributed by atoms with van der Waals surface area (Å²) >= 11 is 0. The van der Waals surface area contributed by atoms with Gasteiger partial charge in [0.1, 0.15) is 11.6 Å². The van der Waals surface area contributed by atoms with Crippen LogP contribution < -0.4 is 10.1 Å². The van der Waals surface area contributed by atoms with Gasteiger partial charge in [-0.2, -0.15) is 0 Å². The number of benzene rings is 2. The molecule has 2 aromatic carbocycles. The number of carbonyl (C=O) groups excluding carboxylic acids is 1. The van der Waals surface area contributed by atoms with Gasteiger partial charge in [-0.1, -0.05) is 43.2 Å². The van der Waals surface area contributed by atoms with Crippen molar-refractivity contribution in [3.05, 3.63) is 65.5 Å². The van der Waals surface area contributed by atoms with Gasteiger partial charge in [0.2, 0.25) is 5.91 Å². The molecule has 2 aromatic rings. The number of halogens is 1. The average Bonchev–Trinajstić information content (AvgIpc) is 2.93. The molecule has 1 atom stereocenters. The van der Waals surface area contributed by atoms with E-state index in [1.54, 1.807) is 25.3 Å². The first kappa shape index (κ1) is 19.4. The molecular weight excluding hydrogens is 343 g/mol. The van der Waals surface area contributed by atoms with Gasteiger partial charge in [0.25, 0.3) is 0 Å². The predicted octanol–water partition coefficient (Wildman–Crippen LogP) is 4.07. The second-order valence-electron chi connectivity index (χ2n) is 6.98. The van der Waals surface area contributed by atoms with Crippen LogP contribution in [-0.2, 0) is 11.3 Å². The fraction of sp³-hybridized carbons (Fsp3) is 0.409. The fourth-order valence-electron chi connectivity index (χ4n) is 3.64. The summed E-state index contributed by atoms with van der Waals surface area (Å²) in [6.45, 7) is 1.43. The summed E-state index contributed by atoms with van der Waals surface area (Å²) in [7, 11) is 1.66. The van der Waals surface area contributed by atoms with E-state index in [0.717, 1.165) is 31.6 Å². The molecule has 1 amide bonds. The Morgan fingerprint density at radius 3 is 2.67 bits per heavy atom. The van der Waals surface area contributed by atoms with Gasteiger partial charge in [0.15, 0.2) is 0 Å². The molecule has 144 valence electrons. The molecule has 5 heteroatoms. The Kier molecular flexibility index (Phi) is 6.82. The Morgan fingerprint density at radius 1 is 1.15 bits per heavy atom. The summed E-state index contributed by atoms with van der Waals surface area (Å²) in [5.74, 6) is 0.476. The van der Waals surface area contributed by atoms with Crippen molar-refractivity contribution < 1.29 is 13.9 Å². The molecule has 0 spiro atoms. The summed E-state index contributed by atoms with van der Waals surface area (Å²) in [6, 6.07) is 14.9. The van der Waals surface area contributed by atoms with Gasteiger partial charge in [-0.25, -0.2) is 4.39 Å². The van der Waals surface area contributed by atoms with Gasteiger partial charge >= 0.3 is 0 Å². The Labute approximate surface area is 160 Å². The molecule has 1 unspecified atom stereocenters. The van der Waals surface area contributed by atoms with Crippen molar-refractivity contribution in [2.45, 2.75) is 38.3 Å². The average molecular weight is 370 g/mol. The molecule has 4 nitrogen and oxygen atoms in total. The van der Waals surface area contributed by atoms with Crippen molar-refractivity contribution >= 4 is 5.91 Å². The van der Waals surface area contributed by atoms with Gasteiger partial charge in [-0.15, -0.1) is 0 Å². The van der Waals surface area contributed by atoms with Crippen molar-refractivity contribution in [1.82, 2.24) is 10.2 Å². The maximum atomic E-state index is 13.7. The number of hydrogen-bond acceptors (Lipinski definition) is 3. The van der Waals surface area contributed by atoms with Crippen LogP contribution in [0.4, 0.5) is 4.39 Å². The highest BCUT2D eigenvalue weighted by Crippen LogP contribution is 2.30. The molecule has 1 aliphatic heterocycles. The number of rotatable bonds is 6. The van der Waals surface area contributed by atoms with Crippen molar-refractivity contribution in [1.29, 1.82) is 0 Å². The quantitative estimate of drug-likeness (QED) is 0.833. The second-order valence-corrected chi connectivity index (χ2v) is 6.98. The topological polar surface area (TPSA) is 41.6 Å². The molecule has 3 rings (SSSR count). The number of carbonyl (C=O) groups is 1. The zero-order chi connectivity index (χ0) is 19.1. The zero-order valence-corrected chi connectivity index (χ0v) is 15.8. The number of hydrogen-bond donors (Lipinski definition) is 1. The summed E-state index contributed by atoms with van der Waals surface area (Å²) < 4.78 is 19.0. The van der Waals surface area contributed by atoms with Crippen molar-refractivity contribution in [3.63, 3.8) is 0 Å². The van der Waals surface area contributed by atoms with E-state index in [1.165, 1.54) is 18.1 Å². The standard InChI is InChI=1S/C22H27FN2O2/c1-27-19-12-10-17(11-13-19)21-9-3-2-6-14-25(21)16-22(26)24-15-18-7-4-5-8-20(18)23/h4-5,7-8,10-13,21H,2-3,6,9,14-16H2,1H3,(H,24,26). The highest BCUT2D eigenvalue weighted by atomic mass is 19.1. The Hall–Kier alpha value is -2.40. The first-order valence-corrected chi connectivity index (χ1v) is 9.55. The fourth-order valence-corrected chi connectivity index (χ4v) is 3.64. The molecular formula is C22H27FN2O2. The van der Waals surface area contributed by atoms with E-state index in [9.17, 15) is 9.18 Å². The van der Waals surface area contributed by atoms with E-state index in [4.69, 9.17) is 4.74 Å². The lowest BCUT2D eigenvalue weighted by Gasteiger charge is -2.29. The number of nitrogens with zero attached hydrogens (tertiary/aromatic N) is 1. The molecule has 0 radical (unpaired) electrons. The third-order valence-electron chi connectivity index (χ3n) is 5.14. The summed E-state index contributed by atoms with van der Waals surface area (Å²) in [5, 5.41) is 2.86. The van der Waals surface area contributed by atoms with E-state index in [1.807, 2.05) is 12.1 Å². The SMILES string of the molecule is COc1ccc(C2CCCCCN2CC(=O)NCc2ccccc2F)cc1. The monoisotopic (exact) mass is 370 g/mol. The number of ether oxygens (including phenoxy) is 1. The third kappa shape index (κ3) is 5.30. The highest BCUT2D eigenvalue weighted by Gasteiger charge is 2.24. The van der Waals surface area contributed by atoms with E-state index in [2.05, 4.69) is 22.3 Å². The van der Waals surface area contributed by atoms with Gasteiger partial charge in [-0.05, 0) is 43.1 Å². The lowest BCUT2D eigenvalue weighted by Crippen LogP contribution is -2.39. The van der Waals surface area contributed by atoms with Gasteiger partial charge in [-0.3, -0.25) is 9.69 Å². The predicted molar refractivity (Wildman–Crippen MR) is 104 cm³/mol. The minimum Gasteiger partial charge on any atom is -0.497 e. The first-order chi connectivity index (χ1) is 13.2. The Morgan fingerprint density at radius 2 is 1.93 bits per heavy atom. The van der Waals surface area contributed by atoms with Crippen LogP contribution >= 0.6 is 0 Å². The zero-order valence-electron chi connectivity index (χ0n) is 15.8. The molecule has 0 saturated carbocycles. The van der Waals surface area contributed by atoms with Gasteiger partial charge in [0, 0.05) is 18.2 Å². The van der Waals surface area contributed by atoms with Crippen LogP contribution in [0.15, 0.2) is 48.5 Å². The third-order valence-corrected chi connectivity index (χ3v) is 5.14. The Balaban J connectivity index is 1.64. The largest absolute Gasteiger partial charge is 0.497 e.